The van der Waals surface area contributed by atoms with Crippen molar-refractivity contribution in [3.63, 3.8) is 0 Å². The highest BCUT2D eigenvalue weighted by molar-refractivity contribution is 5.64. The van der Waals surface area contributed by atoms with Gasteiger partial charge >= 0.3 is 12.4 Å². The second kappa shape index (κ2) is 21.6. The summed E-state index contributed by atoms with van der Waals surface area (Å²) in [5.74, 6) is 2.04. The summed E-state index contributed by atoms with van der Waals surface area (Å²) >= 11 is 0. The molecule has 2 aliphatic carbocycles. The molecule has 2 fully saturated rings. The van der Waals surface area contributed by atoms with Crippen LogP contribution in [0.4, 0.5) is 35.1 Å². The standard InChI is InChI=1S/C25H31F4N.C24H29F4N/c1-3-4-5-6-18-7-9-19(10-8-18)17(2)20-11-13-22(23(26)15-20)21-12-14-24(30-16-21)25(27,28)29;1-2-3-4-5-6-17-7-9-18(10-8-17)19-11-13-21(22(25)15-19)20-12-14-23(29-16-20)24(26,27)28/h11-19H,3-10H2,1-2H3;11-18H,2-10H2,1H3. The van der Waals surface area contributed by atoms with Gasteiger partial charge in [-0.3, -0.25) is 9.97 Å². The number of benzene rings is 2. The van der Waals surface area contributed by atoms with Crippen LogP contribution in [-0.4, -0.2) is 9.97 Å². The van der Waals surface area contributed by atoms with Crippen molar-refractivity contribution >= 4 is 0 Å². The molecule has 0 aliphatic heterocycles. The van der Waals surface area contributed by atoms with Gasteiger partial charge < -0.3 is 0 Å². The smallest absolute Gasteiger partial charge is 0.251 e. The lowest BCUT2D eigenvalue weighted by molar-refractivity contribution is -0.141. The van der Waals surface area contributed by atoms with Crippen molar-refractivity contribution in [2.75, 3.05) is 0 Å². The number of alkyl halides is 6. The SMILES string of the molecule is CCCCCC1CCC(C(C)c2ccc(-c3ccc(C(F)(F)F)nc3)c(F)c2)CC1.CCCCCCC1CCC(c2ccc(-c3ccc(C(F)(F)F)nc3)c(F)c2)CC1. The van der Waals surface area contributed by atoms with Crippen molar-refractivity contribution in [3.8, 4) is 22.3 Å². The fourth-order valence-electron chi connectivity index (χ4n) is 9.09. The Kier molecular flexibility index (Phi) is 17.0. The first-order valence-corrected chi connectivity index (χ1v) is 21.8. The lowest BCUT2D eigenvalue weighted by Gasteiger charge is -2.32. The van der Waals surface area contributed by atoms with Crippen molar-refractivity contribution in [1.29, 1.82) is 0 Å². The van der Waals surface area contributed by atoms with Crippen LogP contribution in [0, 0.1) is 29.4 Å². The largest absolute Gasteiger partial charge is 0.433 e. The van der Waals surface area contributed by atoms with Crippen molar-refractivity contribution in [1.82, 2.24) is 9.97 Å². The summed E-state index contributed by atoms with van der Waals surface area (Å²) in [6.07, 6.45) is 14.4. The van der Waals surface area contributed by atoms with Gasteiger partial charge in [-0.25, -0.2) is 8.78 Å². The first kappa shape index (κ1) is 46.2. The molecule has 0 radical (unpaired) electrons. The maximum absolute atomic E-state index is 14.8. The topological polar surface area (TPSA) is 25.8 Å². The second-order valence-corrected chi connectivity index (χ2v) is 17.0. The van der Waals surface area contributed by atoms with E-state index in [0.29, 0.717) is 28.5 Å². The fourth-order valence-corrected chi connectivity index (χ4v) is 9.09. The summed E-state index contributed by atoms with van der Waals surface area (Å²) in [5.41, 5.74) is 1.31. The van der Waals surface area contributed by atoms with Gasteiger partial charge in [0, 0.05) is 34.6 Å². The normalized spacial score (nSPS) is 20.5. The molecular formula is C49H60F8N2. The number of hydrogen-bond donors (Lipinski definition) is 0. The molecule has 1 atom stereocenters. The van der Waals surface area contributed by atoms with Gasteiger partial charge in [0.05, 0.1) is 0 Å². The maximum atomic E-state index is 14.8. The van der Waals surface area contributed by atoms with Gasteiger partial charge in [0.15, 0.2) is 0 Å². The molecule has 2 aromatic carbocycles. The van der Waals surface area contributed by atoms with Crippen LogP contribution in [-0.2, 0) is 12.4 Å². The Labute approximate surface area is 345 Å². The molecule has 10 heteroatoms. The third-order valence-electron chi connectivity index (χ3n) is 12.8. The number of pyridine rings is 2. The number of unbranched alkanes of at least 4 members (excludes halogenated alkanes) is 5. The fraction of sp³-hybridized carbons (Fsp3) is 0.551. The molecule has 0 saturated heterocycles. The van der Waals surface area contributed by atoms with Crippen LogP contribution in [0.3, 0.4) is 0 Å². The number of nitrogens with zero attached hydrogens (tertiary/aromatic N) is 2. The zero-order chi connectivity index (χ0) is 42.6. The van der Waals surface area contributed by atoms with E-state index in [-0.39, 0.29) is 11.5 Å². The maximum Gasteiger partial charge on any atom is 0.433 e. The van der Waals surface area contributed by atoms with Crippen molar-refractivity contribution in [2.24, 2.45) is 17.8 Å². The Hall–Kier alpha value is -3.82. The molecule has 6 rings (SSSR count). The number of hydrogen-bond acceptors (Lipinski definition) is 2. The van der Waals surface area contributed by atoms with E-state index >= 15 is 0 Å². The summed E-state index contributed by atoms with van der Waals surface area (Å²) < 4.78 is 105. The van der Waals surface area contributed by atoms with Crippen LogP contribution in [0.5, 0.6) is 0 Å². The van der Waals surface area contributed by atoms with E-state index in [1.807, 2.05) is 12.1 Å². The van der Waals surface area contributed by atoms with E-state index in [1.165, 1.54) is 108 Å². The molecule has 0 spiro atoms. The Morgan fingerprint density at radius 2 is 1.03 bits per heavy atom. The second-order valence-electron chi connectivity index (χ2n) is 17.0. The summed E-state index contributed by atoms with van der Waals surface area (Å²) in [7, 11) is 0. The lowest BCUT2D eigenvalue weighted by atomic mass is 9.73. The van der Waals surface area contributed by atoms with E-state index in [4.69, 9.17) is 0 Å². The van der Waals surface area contributed by atoms with Crippen LogP contribution in [0.15, 0.2) is 73.1 Å². The summed E-state index contributed by atoms with van der Waals surface area (Å²) in [6, 6.07) is 14.6. The van der Waals surface area contributed by atoms with E-state index in [9.17, 15) is 35.1 Å². The van der Waals surface area contributed by atoms with Gasteiger partial charge in [0.1, 0.15) is 23.0 Å². The molecule has 1 unspecified atom stereocenters. The van der Waals surface area contributed by atoms with E-state index in [2.05, 4.69) is 30.7 Å². The minimum Gasteiger partial charge on any atom is -0.251 e. The zero-order valence-electron chi connectivity index (χ0n) is 34.8. The van der Waals surface area contributed by atoms with Gasteiger partial charge in [-0.05, 0) is 104 Å². The number of rotatable bonds is 14. The van der Waals surface area contributed by atoms with Gasteiger partial charge in [-0.15, -0.1) is 0 Å². The zero-order valence-corrected chi connectivity index (χ0v) is 34.8. The van der Waals surface area contributed by atoms with Crippen LogP contribution < -0.4 is 0 Å². The molecule has 0 amide bonds. The predicted octanol–water partition coefficient (Wildman–Crippen LogP) is 16.5. The monoisotopic (exact) mass is 828 g/mol. The molecule has 0 bridgehead atoms. The third kappa shape index (κ3) is 13.3. The van der Waals surface area contributed by atoms with E-state index in [0.717, 1.165) is 60.3 Å². The highest BCUT2D eigenvalue weighted by Gasteiger charge is 2.33. The number of halogens is 8. The van der Waals surface area contributed by atoms with Gasteiger partial charge in [-0.1, -0.05) is 128 Å². The minimum atomic E-state index is -4.49. The quantitative estimate of drug-likeness (QED) is 0.0935. The van der Waals surface area contributed by atoms with Crippen LogP contribution in [0.25, 0.3) is 22.3 Å². The molecule has 2 aliphatic rings. The van der Waals surface area contributed by atoms with Crippen LogP contribution in [0.1, 0.15) is 164 Å². The summed E-state index contributed by atoms with van der Waals surface area (Å²) in [6.45, 7) is 6.62. The van der Waals surface area contributed by atoms with Gasteiger partial charge in [-0.2, -0.15) is 26.3 Å². The highest BCUT2D eigenvalue weighted by Crippen LogP contribution is 2.42. The average molecular weight is 829 g/mol. The third-order valence-corrected chi connectivity index (χ3v) is 12.8. The lowest BCUT2D eigenvalue weighted by Crippen LogP contribution is -2.19. The number of aromatic nitrogens is 2. The molecule has 322 valence electrons. The Bertz CT molecular complexity index is 1850. The first-order valence-electron chi connectivity index (χ1n) is 21.8. The first-order chi connectivity index (χ1) is 28.2. The molecule has 2 aromatic heterocycles. The molecule has 2 saturated carbocycles. The predicted molar refractivity (Wildman–Crippen MR) is 221 cm³/mol. The molecule has 59 heavy (non-hydrogen) atoms. The molecule has 4 aromatic rings. The summed E-state index contributed by atoms with van der Waals surface area (Å²) in [5, 5.41) is 0. The Balaban J connectivity index is 0.000000224. The van der Waals surface area contributed by atoms with Crippen LogP contribution in [0.2, 0.25) is 0 Å². The molecule has 2 nitrogen and oxygen atoms in total. The highest BCUT2D eigenvalue weighted by atomic mass is 19.4. The minimum absolute atomic E-state index is 0.274. The Morgan fingerprint density at radius 1 is 0.559 bits per heavy atom. The Morgan fingerprint density at radius 3 is 1.49 bits per heavy atom. The van der Waals surface area contributed by atoms with Gasteiger partial charge in [0.2, 0.25) is 0 Å². The van der Waals surface area contributed by atoms with E-state index < -0.39 is 35.4 Å². The van der Waals surface area contributed by atoms with Crippen molar-refractivity contribution in [3.05, 3.63) is 107 Å². The molecule has 2 heterocycles. The average Bonchev–Trinajstić information content (AvgIpc) is 3.22. The molecule has 0 N–H and O–H groups in total. The molecular weight excluding hydrogens is 769 g/mol. The van der Waals surface area contributed by atoms with E-state index in [1.54, 1.807) is 24.3 Å². The summed E-state index contributed by atoms with van der Waals surface area (Å²) in [4.78, 5) is 6.87. The van der Waals surface area contributed by atoms with Crippen LogP contribution >= 0.6 is 0 Å². The van der Waals surface area contributed by atoms with Gasteiger partial charge in [0.25, 0.3) is 0 Å². The van der Waals surface area contributed by atoms with Crippen molar-refractivity contribution in [2.45, 2.75) is 154 Å². The van der Waals surface area contributed by atoms with Crippen molar-refractivity contribution < 1.29 is 35.1 Å².